The fraction of sp³-hybridized carbons (Fsp3) is 0.278. The van der Waals surface area contributed by atoms with Crippen LogP contribution in [0, 0.1) is 11.6 Å². The van der Waals surface area contributed by atoms with Crippen LogP contribution in [-0.2, 0) is 16.6 Å². The maximum Gasteiger partial charge on any atom is 0.241 e. The van der Waals surface area contributed by atoms with E-state index in [1.807, 2.05) is 0 Å². The van der Waals surface area contributed by atoms with Crippen molar-refractivity contribution in [2.75, 3.05) is 5.32 Å². The topological polar surface area (TPSA) is 96.6 Å². The van der Waals surface area contributed by atoms with Crippen LogP contribution in [-0.4, -0.2) is 19.9 Å². The van der Waals surface area contributed by atoms with Gasteiger partial charge in [0.2, 0.25) is 10.0 Å². The normalized spacial score (nSPS) is 12.9. The molecule has 0 bridgehead atoms. The number of rotatable bonds is 5. The lowest BCUT2D eigenvalue weighted by atomic mass is 10.1. The molecule has 0 aromatic heterocycles. The minimum absolute atomic E-state index is 0.0585. The van der Waals surface area contributed by atoms with Crippen molar-refractivity contribution in [1.82, 2.24) is 4.72 Å². The molecule has 0 unspecified atom stereocenters. The molecular weight excluding hydrogens is 374 g/mol. The molecule has 0 aliphatic carbocycles. The Labute approximate surface area is 157 Å². The van der Waals surface area contributed by atoms with Gasteiger partial charge < -0.3 is 11.1 Å². The quantitative estimate of drug-likeness (QED) is 0.535. The number of guanidine groups is 1. The Morgan fingerprint density at radius 3 is 2.48 bits per heavy atom. The number of nitrogens with one attached hydrogen (secondary N) is 2. The summed E-state index contributed by atoms with van der Waals surface area (Å²) in [5, 5.41) is 2.47. The van der Waals surface area contributed by atoms with Crippen LogP contribution in [0.5, 0.6) is 0 Å². The summed E-state index contributed by atoms with van der Waals surface area (Å²) in [5.74, 6) is -1.49. The molecule has 9 heteroatoms. The molecule has 0 saturated carbocycles. The smallest absolute Gasteiger partial charge is 0.241 e. The van der Waals surface area contributed by atoms with Gasteiger partial charge in [0.25, 0.3) is 0 Å². The average Bonchev–Trinajstić information content (AvgIpc) is 2.54. The summed E-state index contributed by atoms with van der Waals surface area (Å²) >= 11 is 0. The molecule has 0 saturated heterocycles. The number of aliphatic imine (C=N–C) groups is 1. The fourth-order valence-electron chi connectivity index (χ4n) is 2.30. The zero-order valence-corrected chi connectivity index (χ0v) is 16.1. The number of nitrogens with two attached hydrogens (primary N) is 1. The molecule has 0 atom stereocenters. The summed E-state index contributed by atoms with van der Waals surface area (Å²) in [7, 11) is -3.76. The van der Waals surface area contributed by atoms with Crippen molar-refractivity contribution in [3.63, 3.8) is 0 Å². The number of hydrogen-bond acceptors (Lipinski definition) is 3. The van der Waals surface area contributed by atoms with Crippen molar-refractivity contribution in [1.29, 1.82) is 0 Å². The molecule has 6 nitrogen and oxygen atoms in total. The SMILES string of the molecule is CC(C)(C)NS(=O)(=O)c1ccccc1CN=C(N)Nc1cc(F)ccc1F. The van der Waals surface area contributed by atoms with Gasteiger partial charge in [-0.1, -0.05) is 18.2 Å². The lowest BCUT2D eigenvalue weighted by molar-refractivity contribution is 0.491. The summed E-state index contributed by atoms with van der Waals surface area (Å²) in [6.45, 7) is 5.15. The van der Waals surface area contributed by atoms with E-state index in [9.17, 15) is 17.2 Å². The Bertz CT molecular complexity index is 954. The highest BCUT2D eigenvalue weighted by Gasteiger charge is 2.24. The number of nitrogens with zero attached hydrogens (tertiary/aromatic N) is 1. The summed E-state index contributed by atoms with van der Waals surface area (Å²) in [6.07, 6.45) is 0. The molecule has 0 heterocycles. The molecule has 0 spiro atoms. The van der Waals surface area contributed by atoms with Crippen LogP contribution in [0.4, 0.5) is 14.5 Å². The van der Waals surface area contributed by atoms with Crippen molar-refractivity contribution in [2.24, 2.45) is 10.7 Å². The molecule has 2 rings (SSSR count). The second kappa shape index (κ2) is 8.01. The van der Waals surface area contributed by atoms with E-state index in [-0.39, 0.29) is 23.1 Å². The van der Waals surface area contributed by atoms with Gasteiger partial charge in [-0.3, -0.25) is 0 Å². The van der Waals surface area contributed by atoms with Crippen LogP contribution >= 0.6 is 0 Å². The molecule has 146 valence electrons. The fourth-order valence-corrected chi connectivity index (χ4v) is 3.95. The first-order chi connectivity index (χ1) is 12.5. The number of sulfonamides is 1. The van der Waals surface area contributed by atoms with Crippen molar-refractivity contribution >= 4 is 21.7 Å². The minimum Gasteiger partial charge on any atom is -0.370 e. The highest BCUT2D eigenvalue weighted by atomic mass is 32.2. The molecular formula is C18H22F2N4O2S. The van der Waals surface area contributed by atoms with Crippen molar-refractivity contribution in [2.45, 2.75) is 37.8 Å². The van der Waals surface area contributed by atoms with Crippen LogP contribution in [0.15, 0.2) is 52.4 Å². The highest BCUT2D eigenvalue weighted by Crippen LogP contribution is 2.19. The van der Waals surface area contributed by atoms with Gasteiger partial charge in [0, 0.05) is 11.6 Å². The largest absolute Gasteiger partial charge is 0.370 e. The van der Waals surface area contributed by atoms with Crippen molar-refractivity contribution < 1.29 is 17.2 Å². The van der Waals surface area contributed by atoms with E-state index in [0.717, 1.165) is 18.2 Å². The van der Waals surface area contributed by atoms with Crippen LogP contribution in [0.3, 0.4) is 0 Å². The second-order valence-electron chi connectivity index (χ2n) is 6.91. The molecule has 0 radical (unpaired) electrons. The van der Waals surface area contributed by atoms with Crippen LogP contribution in [0.2, 0.25) is 0 Å². The zero-order valence-electron chi connectivity index (χ0n) is 15.3. The Morgan fingerprint density at radius 1 is 1.15 bits per heavy atom. The number of anilines is 1. The van der Waals surface area contributed by atoms with E-state index < -0.39 is 27.2 Å². The van der Waals surface area contributed by atoms with Gasteiger partial charge >= 0.3 is 0 Å². The lowest BCUT2D eigenvalue weighted by Crippen LogP contribution is -2.40. The molecule has 2 aromatic rings. The van der Waals surface area contributed by atoms with Gasteiger partial charge in [-0.2, -0.15) is 0 Å². The third-order valence-electron chi connectivity index (χ3n) is 3.31. The summed E-state index contributed by atoms with van der Waals surface area (Å²) < 4.78 is 54.6. The van der Waals surface area contributed by atoms with Crippen molar-refractivity contribution in [3.05, 3.63) is 59.7 Å². The van der Waals surface area contributed by atoms with E-state index in [4.69, 9.17) is 5.73 Å². The number of halogens is 2. The van der Waals surface area contributed by atoms with Gasteiger partial charge in [-0.05, 0) is 44.5 Å². The van der Waals surface area contributed by atoms with Crippen LogP contribution in [0.25, 0.3) is 0 Å². The number of hydrogen-bond donors (Lipinski definition) is 3. The standard InChI is InChI=1S/C18H22F2N4O2S/c1-18(2,3)24-27(25,26)16-7-5-4-6-12(16)11-22-17(21)23-15-10-13(19)8-9-14(15)20/h4-10,24H,11H2,1-3H3,(H3,21,22,23). The monoisotopic (exact) mass is 396 g/mol. The Hall–Kier alpha value is -2.52. The van der Waals surface area contributed by atoms with E-state index in [2.05, 4.69) is 15.0 Å². The van der Waals surface area contributed by atoms with Gasteiger partial charge in [0.1, 0.15) is 11.6 Å². The number of benzene rings is 2. The van der Waals surface area contributed by atoms with Gasteiger partial charge in [-0.25, -0.2) is 26.9 Å². The molecule has 4 N–H and O–H groups in total. The lowest BCUT2D eigenvalue weighted by Gasteiger charge is -2.21. The first-order valence-electron chi connectivity index (χ1n) is 8.12. The summed E-state index contributed by atoms with van der Waals surface area (Å²) in [4.78, 5) is 4.11. The van der Waals surface area contributed by atoms with Gasteiger partial charge in [0.15, 0.2) is 5.96 Å². The third-order valence-corrected chi connectivity index (χ3v) is 5.17. The van der Waals surface area contributed by atoms with E-state index in [1.165, 1.54) is 6.07 Å². The van der Waals surface area contributed by atoms with Gasteiger partial charge in [-0.15, -0.1) is 0 Å². The van der Waals surface area contributed by atoms with E-state index in [1.54, 1.807) is 39.0 Å². The maximum absolute atomic E-state index is 13.6. The van der Waals surface area contributed by atoms with Crippen LogP contribution < -0.4 is 15.8 Å². The molecule has 0 aliphatic rings. The highest BCUT2D eigenvalue weighted by molar-refractivity contribution is 7.89. The van der Waals surface area contributed by atoms with E-state index in [0.29, 0.717) is 5.56 Å². The van der Waals surface area contributed by atoms with E-state index >= 15 is 0 Å². The predicted octanol–water partition coefficient (Wildman–Crippen LogP) is 2.97. The van der Waals surface area contributed by atoms with Crippen LogP contribution in [0.1, 0.15) is 26.3 Å². The first kappa shape index (κ1) is 20.8. The Kier molecular flexibility index (Phi) is 6.17. The zero-order chi connectivity index (χ0) is 20.2. The van der Waals surface area contributed by atoms with Crippen molar-refractivity contribution in [3.8, 4) is 0 Å². The predicted molar refractivity (Wildman–Crippen MR) is 102 cm³/mol. The maximum atomic E-state index is 13.6. The molecule has 2 aromatic carbocycles. The molecule has 0 fully saturated rings. The summed E-state index contributed by atoms with van der Waals surface area (Å²) in [5.41, 5.74) is 5.32. The molecule has 27 heavy (non-hydrogen) atoms. The Balaban J connectivity index is 2.23. The molecule has 0 amide bonds. The second-order valence-corrected chi connectivity index (χ2v) is 8.56. The average molecular weight is 396 g/mol. The third kappa shape index (κ3) is 6.00. The van der Waals surface area contributed by atoms with Gasteiger partial charge in [0.05, 0.1) is 17.1 Å². The minimum atomic E-state index is -3.76. The molecule has 0 aliphatic heterocycles. The Morgan fingerprint density at radius 2 is 1.81 bits per heavy atom. The summed E-state index contributed by atoms with van der Waals surface area (Å²) in [6, 6.07) is 9.25. The first-order valence-corrected chi connectivity index (χ1v) is 9.60.